The lowest BCUT2D eigenvalue weighted by Crippen LogP contribution is -2.41. The first-order valence-corrected chi connectivity index (χ1v) is 11.9. The maximum atomic E-state index is 12.7. The molecular formula is C26H36N4O2. The van der Waals surface area contributed by atoms with Crippen LogP contribution in [0.5, 0.6) is 5.75 Å². The Kier molecular flexibility index (Phi) is 7.76. The third kappa shape index (κ3) is 6.08. The van der Waals surface area contributed by atoms with Crippen molar-refractivity contribution in [3.8, 4) is 5.75 Å². The molecule has 3 heterocycles. The number of carbonyl (C=O) groups excluding carboxylic acids is 1. The molecule has 2 saturated heterocycles. The van der Waals surface area contributed by atoms with Crippen LogP contribution in [0.1, 0.15) is 41.7 Å². The number of piperidine rings is 2. The zero-order chi connectivity index (χ0) is 22.3. The van der Waals surface area contributed by atoms with Gasteiger partial charge in [0.25, 0.3) is 5.91 Å². The molecule has 1 atom stereocenters. The summed E-state index contributed by atoms with van der Waals surface area (Å²) in [7, 11) is 4.44. The molecule has 4 rings (SSSR count). The minimum absolute atomic E-state index is 0.0224. The lowest BCUT2D eigenvalue weighted by molar-refractivity contribution is 0.0627. The smallest absolute Gasteiger partial charge is 0.272 e. The summed E-state index contributed by atoms with van der Waals surface area (Å²) in [5.74, 6) is 1.30. The molecule has 2 aromatic rings. The van der Waals surface area contributed by atoms with Gasteiger partial charge in [-0.1, -0.05) is 18.2 Å². The predicted octanol–water partition coefficient (Wildman–Crippen LogP) is 3.54. The van der Waals surface area contributed by atoms with Gasteiger partial charge >= 0.3 is 0 Å². The molecule has 0 aliphatic carbocycles. The summed E-state index contributed by atoms with van der Waals surface area (Å²) in [4.78, 5) is 23.8. The number of likely N-dealkylation sites (tertiary alicyclic amines) is 2. The van der Waals surface area contributed by atoms with Crippen molar-refractivity contribution in [3.05, 3.63) is 59.9 Å². The van der Waals surface area contributed by atoms with Crippen LogP contribution in [0.25, 0.3) is 0 Å². The van der Waals surface area contributed by atoms with Crippen LogP contribution in [-0.2, 0) is 6.54 Å². The van der Waals surface area contributed by atoms with Crippen LogP contribution in [0.2, 0.25) is 0 Å². The molecule has 32 heavy (non-hydrogen) atoms. The normalized spacial score (nSPS) is 20.5. The van der Waals surface area contributed by atoms with E-state index in [1.807, 2.05) is 23.1 Å². The zero-order valence-electron chi connectivity index (χ0n) is 19.4. The number of benzene rings is 1. The standard InChI is InChI=1S/C26H36N4O2/c1-28-15-11-23(12-16-28)29(2)18-21-7-5-9-24(17-21)32-20-22-8-6-14-30(19-22)26(31)25-10-3-4-13-27-25/h3-5,7,9-10,13,17,22-23H,6,8,11-12,14-16,18-20H2,1-2H3. The van der Waals surface area contributed by atoms with Gasteiger partial charge in [-0.05, 0) is 82.7 Å². The Bertz CT molecular complexity index is 867. The Labute approximate surface area is 192 Å². The molecule has 1 amide bonds. The maximum absolute atomic E-state index is 12.7. The highest BCUT2D eigenvalue weighted by atomic mass is 16.5. The Hall–Kier alpha value is -2.44. The van der Waals surface area contributed by atoms with Gasteiger partial charge in [-0.25, -0.2) is 0 Å². The van der Waals surface area contributed by atoms with Gasteiger partial charge in [0, 0.05) is 37.8 Å². The van der Waals surface area contributed by atoms with Crippen LogP contribution < -0.4 is 4.74 Å². The SMILES string of the molecule is CN1CCC(N(C)Cc2cccc(OCC3CCCN(C(=O)c4ccccn4)C3)c2)CC1. The molecule has 172 valence electrons. The summed E-state index contributed by atoms with van der Waals surface area (Å²) < 4.78 is 6.18. The monoisotopic (exact) mass is 436 g/mol. The van der Waals surface area contributed by atoms with E-state index in [9.17, 15) is 4.79 Å². The second-order valence-electron chi connectivity index (χ2n) is 9.38. The van der Waals surface area contributed by atoms with Crippen LogP contribution in [-0.4, -0.2) is 78.5 Å². The lowest BCUT2D eigenvalue weighted by atomic mass is 9.98. The Morgan fingerprint density at radius 3 is 2.75 bits per heavy atom. The summed E-state index contributed by atoms with van der Waals surface area (Å²) in [5, 5.41) is 0. The van der Waals surface area contributed by atoms with E-state index >= 15 is 0 Å². The Balaban J connectivity index is 1.28. The molecule has 2 aliphatic heterocycles. The predicted molar refractivity (Wildman–Crippen MR) is 127 cm³/mol. The minimum atomic E-state index is 0.0224. The number of aromatic nitrogens is 1. The summed E-state index contributed by atoms with van der Waals surface area (Å²) in [6.45, 7) is 5.47. The number of rotatable bonds is 7. The van der Waals surface area contributed by atoms with Gasteiger partial charge in [0.15, 0.2) is 0 Å². The van der Waals surface area contributed by atoms with Crippen molar-refractivity contribution in [3.63, 3.8) is 0 Å². The third-order valence-corrected chi connectivity index (χ3v) is 6.82. The molecule has 0 saturated carbocycles. The molecule has 0 spiro atoms. The van der Waals surface area contributed by atoms with Crippen LogP contribution >= 0.6 is 0 Å². The zero-order valence-corrected chi connectivity index (χ0v) is 19.4. The molecule has 1 unspecified atom stereocenters. The third-order valence-electron chi connectivity index (χ3n) is 6.82. The molecule has 1 aromatic carbocycles. The molecule has 6 nitrogen and oxygen atoms in total. The van der Waals surface area contributed by atoms with Crippen molar-refractivity contribution in [1.82, 2.24) is 19.7 Å². The minimum Gasteiger partial charge on any atom is -0.493 e. The van der Waals surface area contributed by atoms with Crippen molar-refractivity contribution in [2.45, 2.75) is 38.3 Å². The van der Waals surface area contributed by atoms with Crippen LogP contribution in [0.4, 0.5) is 0 Å². The van der Waals surface area contributed by atoms with E-state index in [1.54, 1.807) is 12.3 Å². The van der Waals surface area contributed by atoms with E-state index in [4.69, 9.17) is 4.74 Å². The average Bonchev–Trinajstić information content (AvgIpc) is 2.83. The number of ether oxygens (including phenoxy) is 1. The fraction of sp³-hybridized carbons (Fsp3) is 0.538. The van der Waals surface area contributed by atoms with E-state index in [0.717, 1.165) is 38.2 Å². The summed E-state index contributed by atoms with van der Waals surface area (Å²) >= 11 is 0. The molecule has 0 bridgehead atoms. The molecule has 2 aliphatic rings. The summed E-state index contributed by atoms with van der Waals surface area (Å²) in [6.07, 6.45) is 6.24. The molecule has 2 fully saturated rings. The number of amides is 1. The lowest BCUT2D eigenvalue weighted by Gasteiger charge is -2.35. The first kappa shape index (κ1) is 22.7. The van der Waals surface area contributed by atoms with Crippen LogP contribution in [0.3, 0.4) is 0 Å². The Morgan fingerprint density at radius 1 is 1.12 bits per heavy atom. The summed E-state index contributed by atoms with van der Waals surface area (Å²) in [5.41, 5.74) is 1.81. The number of nitrogens with zero attached hydrogens (tertiary/aromatic N) is 4. The number of hydrogen-bond acceptors (Lipinski definition) is 5. The fourth-order valence-corrected chi connectivity index (χ4v) is 4.84. The van der Waals surface area contributed by atoms with Gasteiger partial charge in [-0.3, -0.25) is 14.7 Å². The van der Waals surface area contributed by atoms with Gasteiger partial charge in [0.1, 0.15) is 11.4 Å². The van der Waals surface area contributed by atoms with E-state index < -0.39 is 0 Å². The van der Waals surface area contributed by atoms with Crippen LogP contribution in [0, 0.1) is 5.92 Å². The van der Waals surface area contributed by atoms with E-state index in [-0.39, 0.29) is 5.91 Å². The van der Waals surface area contributed by atoms with Gasteiger partial charge < -0.3 is 14.5 Å². The molecule has 0 radical (unpaired) electrons. The summed E-state index contributed by atoms with van der Waals surface area (Å²) in [6, 6.07) is 14.6. The van der Waals surface area contributed by atoms with Crippen molar-refractivity contribution in [2.24, 2.45) is 5.92 Å². The quantitative estimate of drug-likeness (QED) is 0.665. The number of carbonyl (C=O) groups is 1. The highest BCUT2D eigenvalue weighted by molar-refractivity contribution is 5.92. The maximum Gasteiger partial charge on any atom is 0.272 e. The van der Waals surface area contributed by atoms with Gasteiger partial charge in [0.2, 0.25) is 0 Å². The van der Waals surface area contributed by atoms with Crippen molar-refractivity contribution in [1.29, 1.82) is 0 Å². The van der Waals surface area contributed by atoms with E-state index in [0.29, 0.717) is 24.3 Å². The number of pyridine rings is 1. The fourth-order valence-electron chi connectivity index (χ4n) is 4.84. The molecule has 0 N–H and O–H groups in total. The van der Waals surface area contributed by atoms with E-state index in [1.165, 1.54) is 31.5 Å². The average molecular weight is 437 g/mol. The van der Waals surface area contributed by atoms with Crippen molar-refractivity contribution >= 4 is 5.91 Å². The topological polar surface area (TPSA) is 48.9 Å². The molecular weight excluding hydrogens is 400 g/mol. The van der Waals surface area contributed by atoms with E-state index in [2.05, 4.69) is 47.1 Å². The highest BCUT2D eigenvalue weighted by Crippen LogP contribution is 2.22. The first-order valence-electron chi connectivity index (χ1n) is 11.9. The number of hydrogen-bond donors (Lipinski definition) is 0. The van der Waals surface area contributed by atoms with Crippen LogP contribution in [0.15, 0.2) is 48.7 Å². The highest BCUT2D eigenvalue weighted by Gasteiger charge is 2.25. The second kappa shape index (κ2) is 10.9. The molecule has 1 aromatic heterocycles. The van der Waals surface area contributed by atoms with Gasteiger partial charge in [-0.2, -0.15) is 0 Å². The molecule has 6 heteroatoms. The van der Waals surface area contributed by atoms with Gasteiger partial charge in [-0.15, -0.1) is 0 Å². The Morgan fingerprint density at radius 2 is 1.97 bits per heavy atom. The second-order valence-corrected chi connectivity index (χ2v) is 9.38. The largest absolute Gasteiger partial charge is 0.493 e. The van der Waals surface area contributed by atoms with Gasteiger partial charge in [0.05, 0.1) is 6.61 Å². The van der Waals surface area contributed by atoms with Crippen molar-refractivity contribution in [2.75, 3.05) is 46.9 Å². The first-order chi connectivity index (χ1) is 15.6. The van der Waals surface area contributed by atoms with Crippen molar-refractivity contribution < 1.29 is 9.53 Å².